The first-order chi connectivity index (χ1) is 8.07. The average molecular weight is 253 g/mol. The number of rotatable bonds is 3. The molecule has 6 nitrogen and oxygen atoms in total. The predicted octanol–water partition coefficient (Wildman–Crippen LogP) is 1.96. The molecule has 2 aromatic heterocycles. The van der Waals surface area contributed by atoms with Crippen molar-refractivity contribution in [1.82, 2.24) is 4.57 Å². The second kappa shape index (κ2) is 4.17. The van der Waals surface area contributed by atoms with Crippen LogP contribution in [-0.4, -0.2) is 9.49 Å². The van der Waals surface area contributed by atoms with Crippen molar-refractivity contribution in [2.75, 3.05) is 5.73 Å². The normalized spacial score (nSPS) is 10.9. The lowest BCUT2D eigenvalue weighted by molar-refractivity contribution is -0.385. The standard InChI is InChI=1S/C10H11N3O3S/c1-2-4-12-9(14)8(13(15)16)7(11)6-3-5-17-10(6)12/h3,5H,2,4,11H2,1H3. The van der Waals surface area contributed by atoms with Crippen molar-refractivity contribution in [2.24, 2.45) is 0 Å². The van der Waals surface area contributed by atoms with Crippen molar-refractivity contribution in [3.63, 3.8) is 0 Å². The van der Waals surface area contributed by atoms with Gasteiger partial charge >= 0.3 is 11.2 Å². The lowest BCUT2D eigenvalue weighted by Gasteiger charge is -2.07. The third-order valence-corrected chi connectivity index (χ3v) is 3.45. The fraction of sp³-hybridized carbons (Fsp3) is 0.300. The van der Waals surface area contributed by atoms with Gasteiger partial charge in [-0.2, -0.15) is 0 Å². The Morgan fingerprint density at radius 3 is 2.88 bits per heavy atom. The number of aryl methyl sites for hydroxylation is 1. The molecule has 0 saturated heterocycles. The van der Waals surface area contributed by atoms with Crippen LogP contribution in [0, 0.1) is 10.1 Å². The summed E-state index contributed by atoms with van der Waals surface area (Å²) in [6.45, 7) is 2.37. The summed E-state index contributed by atoms with van der Waals surface area (Å²) in [6.07, 6.45) is 0.730. The lowest BCUT2D eigenvalue weighted by atomic mass is 10.2. The molecule has 2 aromatic rings. The van der Waals surface area contributed by atoms with Gasteiger partial charge in [-0.05, 0) is 17.9 Å². The fourth-order valence-electron chi connectivity index (χ4n) is 1.78. The van der Waals surface area contributed by atoms with Gasteiger partial charge in [-0.25, -0.2) is 0 Å². The number of nitrogens with zero attached hydrogens (tertiary/aromatic N) is 2. The molecule has 0 radical (unpaired) electrons. The zero-order valence-electron chi connectivity index (χ0n) is 9.17. The highest BCUT2D eigenvalue weighted by Crippen LogP contribution is 2.30. The summed E-state index contributed by atoms with van der Waals surface area (Å²) in [6, 6.07) is 1.70. The van der Waals surface area contributed by atoms with Crippen molar-refractivity contribution in [3.05, 3.63) is 31.9 Å². The minimum absolute atomic E-state index is 0.0383. The SMILES string of the molecule is CCCn1c(=O)c([N+](=O)[O-])c(N)c2ccsc21. The number of nitrogen functional groups attached to an aromatic ring is 1. The smallest absolute Gasteiger partial charge is 0.357 e. The van der Waals surface area contributed by atoms with E-state index in [-0.39, 0.29) is 5.69 Å². The molecule has 0 unspecified atom stereocenters. The zero-order chi connectivity index (χ0) is 12.6. The van der Waals surface area contributed by atoms with Gasteiger partial charge in [0.05, 0.1) is 4.92 Å². The number of nitro groups is 1. The lowest BCUT2D eigenvalue weighted by Crippen LogP contribution is -2.23. The van der Waals surface area contributed by atoms with Crippen LogP contribution in [0.1, 0.15) is 13.3 Å². The number of pyridine rings is 1. The van der Waals surface area contributed by atoms with E-state index < -0.39 is 16.2 Å². The summed E-state index contributed by atoms with van der Waals surface area (Å²) >= 11 is 1.36. The largest absolute Gasteiger partial charge is 0.392 e. The molecule has 0 spiro atoms. The van der Waals surface area contributed by atoms with Crippen LogP contribution in [0.3, 0.4) is 0 Å². The summed E-state index contributed by atoms with van der Waals surface area (Å²) in [5.41, 5.74) is 4.50. The summed E-state index contributed by atoms with van der Waals surface area (Å²) in [4.78, 5) is 22.8. The van der Waals surface area contributed by atoms with Gasteiger partial charge in [-0.1, -0.05) is 6.92 Å². The van der Waals surface area contributed by atoms with Gasteiger partial charge in [0.25, 0.3) is 0 Å². The average Bonchev–Trinajstić information content (AvgIpc) is 2.72. The number of hydrogen-bond donors (Lipinski definition) is 1. The molecule has 0 aromatic carbocycles. The Hall–Kier alpha value is -1.89. The quantitative estimate of drug-likeness (QED) is 0.668. The van der Waals surface area contributed by atoms with Crippen LogP contribution >= 0.6 is 11.3 Å². The van der Waals surface area contributed by atoms with E-state index in [9.17, 15) is 14.9 Å². The molecule has 0 aliphatic rings. The maximum absolute atomic E-state index is 12.0. The maximum Gasteiger partial charge on any atom is 0.357 e. The summed E-state index contributed by atoms with van der Waals surface area (Å²) in [7, 11) is 0. The predicted molar refractivity (Wildman–Crippen MR) is 67.4 cm³/mol. The summed E-state index contributed by atoms with van der Waals surface area (Å²) in [5.74, 6) is 0. The monoisotopic (exact) mass is 253 g/mol. The van der Waals surface area contributed by atoms with E-state index in [0.29, 0.717) is 16.8 Å². The molecule has 0 amide bonds. The Kier molecular flexibility index (Phi) is 2.84. The molecule has 0 bridgehead atoms. The van der Waals surface area contributed by atoms with Crippen LogP contribution in [0.5, 0.6) is 0 Å². The molecule has 2 N–H and O–H groups in total. The zero-order valence-corrected chi connectivity index (χ0v) is 9.99. The number of anilines is 1. The van der Waals surface area contributed by atoms with Gasteiger partial charge in [0.2, 0.25) is 0 Å². The second-order valence-electron chi connectivity index (χ2n) is 3.62. The highest BCUT2D eigenvalue weighted by molar-refractivity contribution is 7.16. The number of fused-ring (bicyclic) bond motifs is 1. The van der Waals surface area contributed by atoms with Crippen LogP contribution in [0.2, 0.25) is 0 Å². The molecule has 90 valence electrons. The van der Waals surface area contributed by atoms with Crippen molar-refractivity contribution in [3.8, 4) is 0 Å². The first-order valence-electron chi connectivity index (χ1n) is 5.11. The van der Waals surface area contributed by atoms with Gasteiger partial charge < -0.3 is 5.73 Å². The van der Waals surface area contributed by atoms with E-state index in [0.717, 1.165) is 6.42 Å². The number of hydrogen-bond acceptors (Lipinski definition) is 5. The van der Waals surface area contributed by atoms with E-state index in [1.165, 1.54) is 15.9 Å². The van der Waals surface area contributed by atoms with E-state index in [1.807, 2.05) is 6.92 Å². The minimum Gasteiger partial charge on any atom is -0.392 e. The minimum atomic E-state index is -0.707. The van der Waals surface area contributed by atoms with Crippen LogP contribution in [0.25, 0.3) is 10.2 Å². The Morgan fingerprint density at radius 2 is 2.29 bits per heavy atom. The molecule has 0 aliphatic heterocycles. The molecule has 17 heavy (non-hydrogen) atoms. The molecule has 0 fully saturated rings. The number of nitrogens with two attached hydrogens (primary N) is 1. The Bertz CT molecular complexity index is 644. The van der Waals surface area contributed by atoms with Crippen LogP contribution < -0.4 is 11.3 Å². The van der Waals surface area contributed by atoms with Crippen molar-refractivity contribution in [2.45, 2.75) is 19.9 Å². The molecular formula is C10H11N3O3S. The van der Waals surface area contributed by atoms with Crippen LogP contribution in [0.4, 0.5) is 11.4 Å². The van der Waals surface area contributed by atoms with E-state index in [4.69, 9.17) is 5.73 Å². The third kappa shape index (κ3) is 1.68. The fourth-order valence-corrected chi connectivity index (χ4v) is 2.72. The van der Waals surface area contributed by atoms with E-state index in [1.54, 1.807) is 11.4 Å². The topological polar surface area (TPSA) is 91.2 Å². The first-order valence-corrected chi connectivity index (χ1v) is 5.99. The van der Waals surface area contributed by atoms with Gasteiger partial charge in [-0.15, -0.1) is 11.3 Å². The van der Waals surface area contributed by atoms with Crippen molar-refractivity contribution >= 4 is 32.9 Å². The molecule has 0 saturated carbocycles. The molecule has 0 aliphatic carbocycles. The van der Waals surface area contributed by atoms with Crippen LogP contribution in [0.15, 0.2) is 16.2 Å². The Labute approximate surface area is 100 Å². The summed E-state index contributed by atoms with van der Waals surface area (Å²) < 4.78 is 1.43. The van der Waals surface area contributed by atoms with E-state index >= 15 is 0 Å². The molecule has 0 atom stereocenters. The van der Waals surface area contributed by atoms with Gasteiger partial charge in [-0.3, -0.25) is 19.5 Å². The Balaban J connectivity index is 2.92. The Morgan fingerprint density at radius 1 is 1.59 bits per heavy atom. The summed E-state index contributed by atoms with van der Waals surface area (Å²) in [5, 5.41) is 13.2. The molecule has 7 heteroatoms. The molecule has 2 rings (SSSR count). The van der Waals surface area contributed by atoms with Gasteiger partial charge in [0, 0.05) is 11.9 Å². The highest BCUT2D eigenvalue weighted by atomic mass is 32.1. The second-order valence-corrected chi connectivity index (χ2v) is 4.51. The van der Waals surface area contributed by atoms with E-state index in [2.05, 4.69) is 0 Å². The van der Waals surface area contributed by atoms with Crippen LogP contribution in [-0.2, 0) is 6.54 Å². The third-order valence-electron chi connectivity index (χ3n) is 2.51. The number of aromatic nitrogens is 1. The number of thiophene rings is 1. The molecular weight excluding hydrogens is 242 g/mol. The van der Waals surface area contributed by atoms with Crippen molar-refractivity contribution in [1.29, 1.82) is 0 Å². The van der Waals surface area contributed by atoms with Gasteiger partial charge in [0.1, 0.15) is 10.5 Å². The van der Waals surface area contributed by atoms with Gasteiger partial charge in [0.15, 0.2) is 0 Å². The maximum atomic E-state index is 12.0. The van der Waals surface area contributed by atoms with Crippen molar-refractivity contribution < 1.29 is 4.92 Å². The highest BCUT2D eigenvalue weighted by Gasteiger charge is 2.24. The molecule has 2 heterocycles. The first kappa shape index (κ1) is 11.6.